The molecule has 0 N–H and O–H groups in total. The molecule has 3 rings (SSSR count). The number of thiol groups is 1. The zero-order chi connectivity index (χ0) is 17.2. The van der Waals surface area contributed by atoms with Crippen molar-refractivity contribution in [3.05, 3.63) is 65.7 Å². The second kappa shape index (κ2) is 6.86. The topological polar surface area (TPSA) is 18.8 Å². The van der Waals surface area contributed by atoms with Gasteiger partial charge in [-0.25, -0.2) is 4.99 Å². The van der Waals surface area contributed by atoms with Gasteiger partial charge in [0, 0.05) is 6.54 Å². The highest BCUT2D eigenvalue weighted by molar-refractivity contribution is 7.80. The van der Waals surface area contributed by atoms with Crippen LogP contribution in [0.4, 0.5) is 18.9 Å². The Morgan fingerprint density at radius 1 is 1.04 bits per heavy atom. The average molecular weight is 351 g/mol. The summed E-state index contributed by atoms with van der Waals surface area (Å²) in [6.45, 7) is 0.592. The smallest absolute Gasteiger partial charge is 0.261 e. The van der Waals surface area contributed by atoms with Crippen molar-refractivity contribution in [3.8, 4) is 0 Å². The minimum Gasteiger partial charge on any atom is -0.261 e. The Morgan fingerprint density at radius 2 is 1.79 bits per heavy atom. The molecule has 0 saturated carbocycles. The van der Waals surface area contributed by atoms with Crippen molar-refractivity contribution in [1.82, 2.24) is 5.01 Å². The third kappa shape index (κ3) is 3.73. The van der Waals surface area contributed by atoms with E-state index in [2.05, 4.69) is 17.6 Å². The molecule has 1 atom stereocenters. The van der Waals surface area contributed by atoms with Gasteiger partial charge in [0.15, 0.2) is 5.50 Å². The normalized spacial score (nSPS) is 18.3. The molecule has 0 amide bonds. The Hall–Kier alpha value is -1.99. The highest BCUT2D eigenvalue weighted by Crippen LogP contribution is 2.33. The van der Waals surface area contributed by atoms with E-state index in [-0.39, 0.29) is 0 Å². The maximum absolute atomic E-state index is 12.9. The largest absolute Gasteiger partial charge is 0.416 e. The van der Waals surface area contributed by atoms with Gasteiger partial charge in [0.1, 0.15) is 6.34 Å². The molecule has 24 heavy (non-hydrogen) atoms. The lowest BCUT2D eigenvalue weighted by Gasteiger charge is -2.30. The quantitative estimate of drug-likeness (QED) is 0.832. The van der Waals surface area contributed by atoms with Gasteiger partial charge in [0.25, 0.3) is 0 Å². The molecule has 2 aromatic rings. The summed E-state index contributed by atoms with van der Waals surface area (Å²) in [4.78, 5) is 4.19. The first-order valence-corrected chi connectivity index (χ1v) is 7.95. The third-order valence-electron chi connectivity index (χ3n) is 3.76. The summed E-state index contributed by atoms with van der Waals surface area (Å²) in [6, 6.07) is 15.1. The Labute approximate surface area is 143 Å². The molecule has 0 aromatic heterocycles. The van der Waals surface area contributed by atoms with Crippen LogP contribution in [0.15, 0.2) is 59.6 Å². The first-order valence-electron chi connectivity index (χ1n) is 7.43. The number of aliphatic imine (C=N–C) groups is 1. The minimum atomic E-state index is -4.37. The second-order valence-corrected chi connectivity index (χ2v) is 5.86. The van der Waals surface area contributed by atoms with E-state index in [9.17, 15) is 13.2 Å². The molecule has 3 nitrogen and oxygen atoms in total. The van der Waals surface area contributed by atoms with Crippen molar-refractivity contribution in [1.29, 1.82) is 0 Å². The van der Waals surface area contributed by atoms with Gasteiger partial charge in [-0.15, -0.1) is 12.6 Å². The summed E-state index contributed by atoms with van der Waals surface area (Å²) in [5, 5.41) is 3.45. The highest BCUT2D eigenvalue weighted by Gasteiger charge is 2.32. The van der Waals surface area contributed by atoms with Gasteiger partial charge in [-0.3, -0.25) is 5.01 Å². The number of rotatable bonds is 4. The average Bonchev–Trinajstić information content (AvgIpc) is 2.94. The standard InChI is InChI=1S/C17H16F3N3S/c18-17(19,20)14-7-4-8-15(11-14)23-12-21-16(24)22(23)10-9-13-5-2-1-3-6-13/h1-8,11-12,16,24H,9-10H2. The fourth-order valence-electron chi connectivity index (χ4n) is 2.53. The van der Waals surface area contributed by atoms with Crippen molar-refractivity contribution in [2.24, 2.45) is 4.99 Å². The van der Waals surface area contributed by atoms with E-state index in [1.54, 1.807) is 11.1 Å². The van der Waals surface area contributed by atoms with Crippen LogP contribution in [-0.4, -0.2) is 23.4 Å². The van der Waals surface area contributed by atoms with Gasteiger partial charge >= 0.3 is 6.18 Å². The molecule has 1 aliphatic rings. The molecule has 7 heteroatoms. The third-order valence-corrected chi connectivity index (χ3v) is 4.16. The molecule has 0 fully saturated rings. The van der Waals surface area contributed by atoms with Crippen LogP contribution in [0.2, 0.25) is 0 Å². The number of anilines is 1. The Balaban J connectivity index is 1.78. The fourth-order valence-corrected chi connectivity index (χ4v) is 2.81. The molecule has 1 unspecified atom stereocenters. The number of benzene rings is 2. The zero-order valence-corrected chi connectivity index (χ0v) is 13.6. The molecular weight excluding hydrogens is 335 g/mol. The number of hydrogen-bond donors (Lipinski definition) is 1. The molecule has 0 bridgehead atoms. The highest BCUT2D eigenvalue weighted by atomic mass is 32.1. The van der Waals surface area contributed by atoms with Crippen LogP contribution in [0.3, 0.4) is 0 Å². The lowest BCUT2D eigenvalue weighted by Crippen LogP contribution is -2.42. The predicted molar refractivity (Wildman–Crippen MR) is 92.0 cm³/mol. The molecule has 1 heterocycles. The Morgan fingerprint density at radius 3 is 2.50 bits per heavy atom. The van der Waals surface area contributed by atoms with Crippen molar-refractivity contribution in [3.63, 3.8) is 0 Å². The first-order chi connectivity index (χ1) is 11.4. The van der Waals surface area contributed by atoms with Crippen molar-refractivity contribution in [2.45, 2.75) is 18.1 Å². The molecule has 0 aliphatic carbocycles. The van der Waals surface area contributed by atoms with Crippen LogP contribution in [0.1, 0.15) is 11.1 Å². The van der Waals surface area contributed by atoms with E-state index in [4.69, 9.17) is 0 Å². The Kier molecular flexibility index (Phi) is 4.82. The number of nitrogens with zero attached hydrogens (tertiary/aromatic N) is 3. The van der Waals surface area contributed by atoms with Gasteiger partial charge in [-0.1, -0.05) is 36.4 Å². The van der Waals surface area contributed by atoms with Crippen molar-refractivity contribution >= 4 is 24.7 Å². The van der Waals surface area contributed by atoms with E-state index in [1.165, 1.54) is 12.4 Å². The summed E-state index contributed by atoms with van der Waals surface area (Å²) < 4.78 is 38.8. The van der Waals surface area contributed by atoms with Crippen LogP contribution in [0.25, 0.3) is 0 Å². The minimum absolute atomic E-state index is 0.414. The van der Waals surface area contributed by atoms with Crippen LogP contribution < -0.4 is 5.01 Å². The SMILES string of the molecule is FC(F)(F)c1cccc(N2C=NC(S)N2CCc2ccccc2)c1. The maximum Gasteiger partial charge on any atom is 0.416 e. The lowest BCUT2D eigenvalue weighted by molar-refractivity contribution is -0.137. The van der Waals surface area contributed by atoms with Gasteiger partial charge < -0.3 is 0 Å². The van der Waals surface area contributed by atoms with Crippen molar-refractivity contribution < 1.29 is 13.2 Å². The molecule has 126 valence electrons. The fraction of sp³-hybridized carbons (Fsp3) is 0.235. The van der Waals surface area contributed by atoms with Gasteiger partial charge in [0.2, 0.25) is 0 Å². The van der Waals surface area contributed by atoms with Crippen LogP contribution in [0.5, 0.6) is 0 Å². The summed E-state index contributed by atoms with van der Waals surface area (Å²) in [7, 11) is 0. The lowest BCUT2D eigenvalue weighted by atomic mass is 10.1. The molecule has 2 aromatic carbocycles. The van der Waals surface area contributed by atoms with E-state index >= 15 is 0 Å². The monoisotopic (exact) mass is 351 g/mol. The van der Waals surface area contributed by atoms with Gasteiger partial charge in [-0.2, -0.15) is 18.2 Å². The molecule has 0 saturated heterocycles. The summed E-state index contributed by atoms with van der Waals surface area (Å²) >= 11 is 4.39. The summed E-state index contributed by atoms with van der Waals surface area (Å²) in [5.74, 6) is 0. The van der Waals surface area contributed by atoms with E-state index in [0.717, 1.165) is 24.1 Å². The maximum atomic E-state index is 12.9. The number of halogens is 3. The second-order valence-electron chi connectivity index (χ2n) is 5.40. The molecular formula is C17H16F3N3S. The number of hydrazine groups is 1. The van der Waals surface area contributed by atoms with Crippen LogP contribution in [-0.2, 0) is 12.6 Å². The van der Waals surface area contributed by atoms with Gasteiger partial charge in [-0.05, 0) is 30.2 Å². The van der Waals surface area contributed by atoms with Crippen LogP contribution in [0, 0.1) is 0 Å². The van der Waals surface area contributed by atoms with Crippen molar-refractivity contribution in [2.75, 3.05) is 11.6 Å². The Bertz CT molecular complexity index is 719. The zero-order valence-electron chi connectivity index (χ0n) is 12.7. The van der Waals surface area contributed by atoms with Gasteiger partial charge in [0.05, 0.1) is 11.3 Å². The molecule has 0 radical (unpaired) electrons. The van der Waals surface area contributed by atoms with E-state index < -0.39 is 17.2 Å². The number of hydrogen-bond acceptors (Lipinski definition) is 4. The van der Waals surface area contributed by atoms with Crippen LogP contribution >= 0.6 is 12.6 Å². The summed E-state index contributed by atoms with van der Waals surface area (Å²) in [6.07, 6.45) is -2.11. The predicted octanol–water partition coefficient (Wildman–Crippen LogP) is 4.23. The molecule has 1 aliphatic heterocycles. The number of alkyl halides is 3. The first kappa shape index (κ1) is 16.9. The summed E-state index contributed by atoms with van der Waals surface area (Å²) in [5.41, 5.74) is 0.467. The molecule has 0 spiro atoms. The van der Waals surface area contributed by atoms with E-state index in [1.807, 2.05) is 35.3 Å². The van der Waals surface area contributed by atoms with E-state index in [0.29, 0.717) is 12.2 Å².